The second-order valence-electron chi connectivity index (χ2n) is 0. The molecule has 0 saturated carbocycles. The molecule has 0 aliphatic heterocycles. The van der Waals surface area contributed by atoms with Gasteiger partial charge >= 0.3 is 23.9 Å². The molecule has 0 aromatic heterocycles. The van der Waals surface area contributed by atoms with Crippen LogP contribution in [0.4, 0.5) is 0 Å². The number of hydrogen-bond donors (Lipinski definition) is 1. The molecule has 0 amide bonds. The van der Waals surface area contributed by atoms with Gasteiger partial charge in [-0.25, -0.2) is 0 Å². The molecule has 3 nitrogen and oxygen atoms in total. The van der Waals surface area contributed by atoms with Gasteiger partial charge in [0.25, 0.3) is 0 Å². The van der Waals surface area contributed by atoms with Gasteiger partial charge in [-0.15, -0.1) is 0 Å². The first-order valence-electron chi connectivity index (χ1n) is 0.447. The zero-order valence-electron chi connectivity index (χ0n) is 2.76. The van der Waals surface area contributed by atoms with Gasteiger partial charge in [-0.2, -0.15) is 0 Å². The summed E-state index contributed by atoms with van der Waals surface area (Å²) >= 11 is 0. The van der Waals surface area contributed by atoms with Gasteiger partial charge < -0.3 is 16.1 Å². The molecule has 0 rings (SSSR count). The molecule has 30 valence electrons. The molecule has 4 heteroatoms. The quantitative estimate of drug-likeness (QED) is 0.479. The van der Waals surface area contributed by atoms with Crippen molar-refractivity contribution in [1.29, 1.82) is 0 Å². The van der Waals surface area contributed by atoms with Crippen molar-refractivity contribution in [2.45, 2.75) is 0 Å². The van der Waals surface area contributed by atoms with Crippen molar-refractivity contribution in [2.24, 2.45) is 0 Å². The summed E-state index contributed by atoms with van der Waals surface area (Å²) in [7, 11) is 1.00. The van der Waals surface area contributed by atoms with Gasteiger partial charge in [0, 0.05) is 7.11 Å². The number of aliphatic hydroxyl groups excluding tert-OH is 1. The second kappa shape index (κ2) is 137. The molecule has 0 heterocycles. The van der Waals surface area contributed by atoms with Crippen LogP contribution in [0.1, 0.15) is 0 Å². The Kier molecular flexibility index (Phi) is 1210. The van der Waals surface area contributed by atoms with E-state index in [0.29, 0.717) is 0 Å². The van der Waals surface area contributed by atoms with Gasteiger partial charge in [-0.3, -0.25) is 0 Å². The number of aliphatic hydroxyl groups is 1. The molecule has 0 unspecified atom stereocenters. The van der Waals surface area contributed by atoms with E-state index in [0.717, 1.165) is 7.11 Å². The third-order valence-electron chi connectivity index (χ3n) is 0. The van der Waals surface area contributed by atoms with E-state index in [2.05, 4.69) is 0 Å². The third kappa shape index (κ3) is 72.9. The first-order valence-corrected chi connectivity index (χ1v) is 0.447. The van der Waals surface area contributed by atoms with Crippen LogP contribution in [0.25, 0.3) is 0 Å². The fraction of sp³-hybridized carbons (Fsp3) is 1.00. The molecule has 0 fully saturated rings. The van der Waals surface area contributed by atoms with Gasteiger partial charge in [0.1, 0.15) is 0 Å². The fourth-order valence-electron chi connectivity index (χ4n) is 0. The van der Waals surface area contributed by atoms with Crippen molar-refractivity contribution in [2.75, 3.05) is 7.11 Å². The molecular formula is CH4O3Sn. The smallest absolute Gasteiger partial charge is 2.00 e. The Labute approximate surface area is 47.6 Å². The minimum Gasteiger partial charge on any atom is -2.00 e. The summed E-state index contributed by atoms with van der Waals surface area (Å²) in [4.78, 5) is 0. The third-order valence-corrected chi connectivity index (χ3v) is 0. The molecule has 0 aromatic rings. The Morgan fingerprint density at radius 1 is 1.00 bits per heavy atom. The minimum atomic E-state index is 0. The van der Waals surface area contributed by atoms with Crippen molar-refractivity contribution < 1.29 is 16.1 Å². The van der Waals surface area contributed by atoms with Crippen LogP contribution in [0.5, 0.6) is 0 Å². The van der Waals surface area contributed by atoms with Crippen LogP contribution in [0.15, 0.2) is 0 Å². The molecule has 0 aliphatic carbocycles. The Morgan fingerprint density at radius 2 is 1.00 bits per heavy atom. The number of hydrogen-bond acceptors (Lipinski definition) is 1. The molecule has 5 heavy (non-hydrogen) atoms. The Hall–Kier alpha value is 0.679. The van der Waals surface area contributed by atoms with Crippen molar-refractivity contribution in [3.8, 4) is 0 Å². The summed E-state index contributed by atoms with van der Waals surface area (Å²) in [5.41, 5.74) is 0. The van der Waals surface area contributed by atoms with Crippen LogP contribution in [-0.2, 0) is 11.0 Å². The van der Waals surface area contributed by atoms with E-state index in [-0.39, 0.29) is 34.9 Å². The molecule has 0 spiro atoms. The zero-order chi connectivity index (χ0) is 2.00. The fourth-order valence-corrected chi connectivity index (χ4v) is 0. The molecule has 1 N–H and O–H groups in total. The van der Waals surface area contributed by atoms with Crippen molar-refractivity contribution >= 4 is 23.9 Å². The largest absolute Gasteiger partial charge is 4.00 e. The Morgan fingerprint density at radius 3 is 1.00 bits per heavy atom. The molecule has 0 atom stereocenters. The maximum absolute atomic E-state index is 7.00. The van der Waals surface area contributed by atoms with E-state index in [4.69, 9.17) is 5.11 Å². The van der Waals surface area contributed by atoms with Crippen LogP contribution in [0.3, 0.4) is 0 Å². The van der Waals surface area contributed by atoms with Crippen LogP contribution in [0.2, 0.25) is 0 Å². The van der Waals surface area contributed by atoms with Gasteiger partial charge in [-0.1, -0.05) is 0 Å². The number of rotatable bonds is 0. The predicted octanol–water partition coefficient (Wildman–Crippen LogP) is -1.01. The SMILES string of the molecule is CO.[O-2].[O-2].[Sn+4]. The van der Waals surface area contributed by atoms with Crippen molar-refractivity contribution in [1.82, 2.24) is 0 Å². The summed E-state index contributed by atoms with van der Waals surface area (Å²) in [6.45, 7) is 0. The monoisotopic (exact) mass is 184 g/mol. The van der Waals surface area contributed by atoms with Gasteiger partial charge in [0.05, 0.1) is 0 Å². The maximum atomic E-state index is 7.00. The van der Waals surface area contributed by atoms with E-state index in [9.17, 15) is 0 Å². The summed E-state index contributed by atoms with van der Waals surface area (Å²) in [5, 5.41) is 7.00. The molecule has 0 bridgehead atoms. The summed E-state index contributed by atoms with van der Waals surface area (Å²) in [6.07, 6.45) is 0. The molecule has 0 aromatic carbocycles. The summed E-state index contributed by atoms with van der Waals surface area (Å²) in [6, 6.07) is 0. The Balaban J connectivity index is -0.00000000167. The van der Waals surface area contributed by atoms with E-state index in [1.54, 1.807) is 0 Å². The first-order chi connectivity index (χ1) is 1.00. The molecular weight excluding hydrogens is 179 g/mol. The van der Waals surface area contributed by atoms with Crippen molar-refractivity contribution in [3.63, 3.8) is 0 Å². The minimum absolute atomic E-state index is 0. The second-order valence-corrected chi connectivity index (χ2v) is 0. The van der Waals surface area contributed by atoms with Gasteiger partial charge in [0.2, 0.25) is 0 Å². The predicted molar refractivity (Wildman–Crippen MR) is 15.3 cm³/mol. The van der Waals surface area contributed by atoms with E-state index >= 15 is 0 Å². The first kappa shape index (κ1) is 44.1. The standard InChI is InChI=1S/CH4O.2O.Sn/c1-2;;;/h2H,1H3;;;/q;2*-2;+4. The van der Waals surface area contributed by atoms with Crippen molar-refractivity contribution in [3.05, 3.63) is 0 Å². The zero-order valence-corrected chi connectivity index (χ0v) is 5.62. The van der Waals surface area contributed by atoms with Crippen LogP contribution in [-0.4, -0.2) is 36.1 Å². The Bertz CT molecular complexity index is 6.85. The molecule has 0 radical (unpaired) electrons. The van der Waals surface area contributed by atoms with Crippen LogP contribution < -0.4 is 0 Å². The van der Waals surface area contributed by atoms with E-state index in [1.807, 2.05) is 0 Å². The average Bonchev–Trinajstić information content (AvgIpc) is 1.00. The molecule has 0 aliphatic rings. The normalized spacial score (nSPS) is 1.20. The topological polar surface area (TPSA) is 77.2 Å². The maximum Gasteiger partial charge on any atom is 4.00 e. The summed E-state index contributed by atoms with van der Waals surface area (Å²) < 4.78 is 0. The van der Waals surface area contributed by atoms with Gasteiger partial charge in [0.15, 0.2) is 0 Å². The van der Waals surface area contributed by atoms with Crippen LogP contribution in [0, 0.1) is 0 Å². The summed E-state index contributed by atoms with van der Waals surface area (Å²) in [5.74, 6) is 0. The van der Waals surface area contributed by atoms with E-state index < -0.39 is 0 Å². The molecule has 0 saturated heterocycles. The van der Waals surface area contributed by atoms with Crippen LogP contribution >= 0.6 is 0 Å². The van der Waals surface area contributed by atoms with E-state index in [1.165, 1.54) is 0 Å². The van der Waals surface area contributed by atoms with Gasteiger partial charge in [-0.05, 0) is 0 Å². The average molecular weight is 183 g/mol.